The molecule has 0 radical (unpaired) electrons. The van der Waals surface area contributed by atoms with Gasteiger partial charge < -0.3 is 32.5 Å². The first-order valence-corrected chi connectivity index (χ1v) is 9.54. The Morgan fingerprint density at radius 1 is 0.929 bits per heavy atom. The van der Waals surface area contributed by atoms with E-state index in [0.29, 0.717) is 25.8 Å². The molecule has 4 amide bonds. The van der Waals surface area contributed by atoms with Crippen molar-refractivity contribution in [1.29, 1.82) is 0 Å². The van der Waals surface area contributed by atoms with Crippen LogP contribution < -0.4 is 27.4 Å². The van der Waals surface area contributed by atoms with Gasteiger partial charge in [0.15, 0.2) is 0 Å². The van der Waals surface area contributed by atoms with Gasteiger partial charge in [-0.05, 0) is 45.1 Å². The first-order chi connectivity index (χ1) is 13.0. The summed E-state index contributed by atoms with van der Waals surface area (Å²) in [6, 6.07) is -3.02. The van der Waals surface area contributed by atoms with Crippen molar-refractivity contribution in [2.75, 3.05) is 6.54 Å². The zero-order chi connectivity index (χ0) is 21.9. The number of aliphatic hydroxyl groups excluding tert-OH is 1. The van der Waals surface area contributed by atoms with Crippen molar-refractivity contribution < 1.29 is 24.3 Å². The zero-order valence-corrected chi connectivity index (χ0v) is 17.2. The Kier molecular flexibility index (Phi) is 12.0. The molecule has 28 heavy (non-hydrogen) atoms. The smallest absolute Gasteiger partial charge is 0.245 e. The van der Waals surface area contributed by atoms with Gasteiger partial charge in [-0.2, -0.15) is 0 Å². The van der Waals surface area contributed by atoms with E-state index in [9.17, 15) is 24.3 Å². The SMILES string of the molecule is CC(=O)N[C@H](C(=O)N[C@@H](CCCCN)C(=O)N[C@@H](CC(C)C)C(N)=O)[C@@H](C)O. The predicted molar refractivity (Wildman–Crippen MR) is 105 cm³/mol. The Labute approximate surface area is 166 Å². The first kappa shape index (κ1) is 25.8. The van der Waals surface area contributed by atoms with Gasteiger partial charge in [0.25, 0.3) is 0 Å². The number of carbonyl (C=O) groups is 4. The van der Waals surface area contributed by atoms with Crippen molar-refractivity contribution in [2.24, 2.45) is 17.4 Å². The van der Waals surface area contributed by atoms with Crippen LogP contribution >= 0.6 is 0 Å². The Hall–Kier alpha value is -2.20. The number of aliphatic hydroxyl groups is 1. The minimum Gasteiger partial charge on any atom is -0.391 e. The third kappa shape index (κ3) is 10.2. The molecule has 8 N–H and O–H groups in total. The Bertz CT molecular complexity index is 538. The van der Waals surface area contributed by atoms with Gasteiger partial charge in [0.2, 0.25) is 23.6 Å². The van der Waals surface area contributed by atoms with Gasteiger partial charge in [-0.3, -0.25) is 19.2 Å². The average molecular weight is 402 g/mol. The first-order valence-electron chi connectivity index (χ1n) is 9.54. The van der Waals surface area contributed by atoms with Crippen LogP contribution in [0.4, 0.5) is 0 Å². The number of carbonyl (C=O) groups excluding carboxylic acids is 4. The van der Waals surface area contributed by atoms with E-state index < -0.39 is 47.9 Å². The maximum absolute atomic E-state index is 12.7. The van der Waals surface area contributed by atoms with Crippen molar-refractivity contribution >= 4 is 23.6 Å². The molecule has 0 bridgehead atoms. The van der Waals surface area contributed by atoms with E-state index in [0.717, 1.165) is 0 Å². The van der Waals surface area contributed by atoms with Gasteiger partial charge in [0.1, 0.15) is 18.1 Å². The normalized spacial score (nSPS) is 15.2. The highest BCUT2D eigenvalue weighted by molar-refractivity contribution is 5.94. The molecule has 0 aromatic rings. The second-order valence-corrected chi connectivity index (χ2v) is 7.36. The molecule has 0 aliphatic carbocycles. The standard InChI is InChI=1S/C18H35N5O5/c1-10(2)9-14(16(20)26)23-17(27)13(7-5-6-8-19)22-18(28)15(11(3)24)21-12(4)25/h10-11,13-15,24H,5-9,19H2,1-4H3,(H2,20,26)(H,21,25)(H,22,28)(H,23,27)/t11-,13+,14+,15+/m1/s1. The van der Waals surface area contributed by atoms with Crippen LogP contribution in [0.5, 0.6) is 0 Å². The molecule has 0 aliphatic heterocycles. The van der Waals surface area contributed by atoms with Crippen LogP contribution in [0.1, 0.15) is 53.4 Å². The summed E-state index contributed by atoms with van der Waals surface area (Å²) in [4.78, 5) is 48.0. The lowest BCUT2D eigenvalue weighted by Crippen LogP contribution is -2.58. The Morgan fingerprint density at radius 2 is 1.50 bits per heavy atom. The summed E-state index contributed by atoms with van der Waals surface area (Å²) in [5.74, 6) is -2.27. The molecule has 0 unspecified atom stereocenters. The van der Waals surface area contributed by atoms with Crippen molar-refractivity contribution in [1.82, 2.24) is 16.0 Å². The molecular weight excluding hydrogens is 366 g/mol. The van der Waals surface area contributed by atoms with Gasteiger partial charge in [0.05, 0.1) is 6.10 Å². The van der Waals surface area contributed by atoms with Crippen molar-refractivity contribution in [2.45, 2.75) is 77.6 Å². The van der Waals surface area contributed by atoms with E-state index in [1.54, 1.807) is 0 Å². The number of amides is 4. The van der Waals surface area contributed by atoms with E-state index in [1.807, 2.05) is 13.8 Å². The van der Waals surface area contributed by atoms with Crippen molar-refractivity contribution in [3.05, 3.63) is 0 Å². The number of hydrogen-bond donors (Lipinski definition) is 6. The number of primary amides is 1. The topological polar surface area (TPSA) is 177 Å². The highest BCUT2D eigenvalue weighted by atomic mass is 16.3. The number of nitrogens with one attached hydrogen (secondary N) is 3. The van der Waals surface area contributed by atoms with Crippen LogP contribution in [0.15, 0.2) is 0 Å². The van der Waals surface area contributed by atoms with Crippen LogP contribution in [0.3, 0.4) is 0 Å². The molecular formula is C18H35N5O5. The van der Waals surface area contributed by atoms with Gasteiger partial charge >= 0.3 is 0 Å². The lowest BCUT2D eigenvalue weighted by molar-refractivity contribution is -0.134. The van der Waals surface area contributed by atoms with Crippen LogP contribution in [0.2, 0.25) is 0 Å². The molecule has 0 heterocycles. The predicted octanol–water partition coefficient (Wildman–Crippen LogP) is -1.50. The van der Waals surface area contributed by atoms with Gasteiger partial charge in [0, 0.05) is 6.92 Å². The van der Waals surface area contributed by atoms with Crippen LogP contribution in [0.25, 0.3) is 0 Å². The molecule has 0 rings (SSSR count). The highest BCUT2D eigenvalue weighted by Crippen LogP contribution is 2.07. The lowest BCUT2D eigenvalue weighted by Gasteiger charge is -2.26. The minimum atomic E-state index is -1.20. The van der Waals surface area contributed by atoms with E-state index >= 15 is 0 Å². The van der Waals surface area contributed by atoms with Crippen molar-refractivity contribution in [3.8, 4) is 0 Å². The van der Waals surface area contributed by atoms with Crippen molar-refractivity contribution in [3.63, 3.8) is 0 Å². The molecule has 0 aromatic carbocycles. The van der Waals surface area contributed by atoms with E-state index in [4.69, 9.17) is 11.5 Å². The number of hydrogen-bond acceptors (Lipinski definition) is 6. The number of unbranched alkanes of at least 4 members (excludes halogenated alkanes) is 1. The molecule has 4 atom stereocenters. The summed E-state index contributed by atoms with van der Waals surface area (Å²) in [5.41, 5.74) is 10.8. The van der Waals surface area contributed by atoms with Gasteiger partial charge in [-0.15, -0.1) is 0 Å². The van der Waals surface area contributed by atoms with E-state index in [-0.39, 0.29) is 12.3 Å². The fraction of sp³-hybridized carbons (Fsp3) is 0.778. The third-order valence-corrected chi connectivity index (χ3v) is 4.07. The summed E-state index contributed by atoms with van der Waals surface area (Å²) in [5, 5.41) is 17.2. The summed E-state index contributed by atoms with van der Waals surface area (Å²) in [7, 11) is 0. The lowest BCUT2D eigenvalue weighted by atomic mass is 10.0. The average Bonchev–Trinajstić information content (AvgIpc) is 2.57. The summed E-state index contributed by atoms with van der Waals surface area (Å²) >= 11 is 0. The number of rotatable bonds is 13. The largest absolute Gasteiger partial charge is 0.391 e. The van der Waals surface area contributed by atoms with Crippen LogP contribution in [-0.2, 0) is 19.2 Å². The fourth-order valence-corrected chi connectivity index (χ4v) is 2.64. The second-order valence-electron chi connectivity index (χ2n) is 7.36. The van der Waals surface area contributed by atoms with E-state index in [2.05, 4.69) is 16.0 Å². The fourth-order valence-electron chi connectivity index (χ4n) is 2.64. The maximum Gasteiger partial charge on any atom is 0.245 e. The zero-order valence-electron chi connectivity index (χ0n) is 17.2. The summed E-state index contributed by atoms with van der Waals surface area (Å²) < 4.78 is 0. The van der Waals surface area contributed by atoms with Gasteiger partial charge in [-0.1, -0.05) is 13.8 Å². The minimum absolute atomic E-state index is 0.127. The molecule has 0 fully saturated rings. The van der Waals surface area contributed by atoms with Gasteiger partial charge in [-0.25, -0.2) is 0 Å². The molecule has 0 aliphatic rings. The second kappa shape index (κ2) is 13.1. The highest BCUT2D eigenvalue weighted by Gasteiger charge is 2.30. The Balaban J connectivity index is 5.27. The maximum atomic E-state index is 12.7. The molecule has 0 saturated carbocycles. The molecule has 0 saturated heterocycles. The van der Waals surface area contributed by atoms with Crippen LogP contribution in [0, 0.1) is 5.92 Å². The molecule has 10 nitrogen and oxygen atoms in total. The molecule has 0 aromatic heterocycles. The molecule has 10 heteroatoms. The number of nitrogens with two attached hydrogens (primary N) is 2. The molecule has 0 spiro atoms. The third-order valence-electron chi connectivity index (χ3n) is 4.07. The summed E-state index contributed by atoms with van der Waals surface area (Å²) in [6.07, 6.45) is 0.716. The van der Waals surface area contributed by atoms with E-state index in [1.165, 1.54) is 13.8 Å². The van der Waals surface area contributed by atoms with Crippen LogP contribution in [-0.4, -0.2) is 59.5 Å². The quantitative estimate of drug-likeness (QED) is 0.205. The molecule has 162 valence electrons. The Morgan fingerprint density at radius 3 is 1.93 bits per heavy atom. The monoisotopic (exact) mass is 401 g/mol. The summed E-state index contributed by atoms with van der Waals surface area (Å²) in [6.45, 7) is 6.79.